The number of hydrogen-bond acceptors (Lipinski definition) is 8. The number of aliphatic imine (C=N–C) groups is 1. The summed E-state index contributed by atoms with van der Waals surface area (Å²) in [4.78, 5) is 25.5. The van der Waals surface area contributed by atoms with Crippen molar-refractivity contribution in [3.05, 3.63) is 41.1 Å². The van der Waals surface area contributed by atoms with Crippen LogP contribution in [-0.2, 0) is 0 Å². The van der Waals surface area contributed by atoms with Crippen LogP contribution < -0.4 is 20.3 Å². The molecule has 2 aliphatic rings. The van der Waals surface area contributed by atoms with Crippen molar-refractivity contribution in [3.8, 4) is 5.88 Å². The molecular formula is C22H24F4N6O3S. The second-order valence-electron chi connectivity index (χ2n) is 8.40. The smallest absolute Gasteiger partial charge is 0.410 e. The molecule has 4 atom stereocenters. The van der Waals surface area contributed by atoms with Crippen molar-refractivity contribution in [3.63, 3.8) is 0 Å². The molecule has 3 N–H and O–H groups in total. The Kier molecular flexibility index (Phi) is 7.43. The van der Waals surface area contributed by atoms with Crippen LogP contribution in [0.1, 0.15) is 24.2 Å². The fourth-order valence-corrected chi connectivity index (χ4v) is 5.56. The molecule has 2 unspecified atom stereocenters. The lowest BCUT2D eigenvalue weighted by Gasteiger charge is -2.30. The summed E-state index contributed by atoms with van der Waals surface area (Å²) in [5.74, 6) is -1.93. The maximum atomic E-state index is 15.7. The van der Waals surface area contributed by atoms with Gasteiger partial charge in [-0.2, -0.15) is 9.37 Å². The number of methoxy groups -OCH3 is 1. The van der Waals surface area contributed by atoms with Crippen molar-refractivity contribution in [1.82, 2.24) is 15.3 Å². The summed E-state index contributed by atoms with van der Waals surface area (Å²) in [6.45, 7) is 3.12. The summed E-state index contributed by atoms with van der Waals surface area (Å²) >= 11 is 1.19. The Morgan fingerprint density at radius 3 is 2.69 bits per heavy atom. The highest BCUT2D eigenvalue weighted by atomic mass is 32.2. The highest BCUT2D eigenvalue weighted by Crippen LogP contribution is 2.47. The van der Waals surface area contributed by atoms with E-state index in [1.54, 1.807) is 17.0 Å². The molecular weight excluding hydrogens is 504 g/mol. The van der Waals surface area contributed by atoms with Crippen LogP contribution in [0.4, 0.5) is 34.0 Å². The molecule has 9 nitrogen and oxygen atoms in total. The third-order valence-corrected chi connectivity index (χ3v) is 7.31. The lowest BCUT2D eigenvalue weighted by atomic mass is 9.92. The van der Waals surface area contributed by atoms with E-state index in [1.165, 1.54) is 38.8 Å². The van der Waals surface area contributed by atoms with Gasteiger partial charge in [-0.15, -0.1) is 0 Å². The first-order chi connectivity index (χ1) is 17.1. The lowest BCUT2D eigenvalue weighted by molar-refractivity contribution is 0.130. The number of anilines is 2. The molecule has 2 aromatic rings. The number of aromatic nitrogens is 2. The largest absolute Gasteiger partial charge is 0.479 e. The summed E-state index contributed by atoms with van der Waals surface area (Å²) in [7, 11) is 1.27. The number of fused-ring (bicyclic) bond motifs is 1. The van der Waals surface area contributed by atoms with Crippen molar-refractivity contribution in [1.29, 1.82) is 0 Å². The first-order valence-corrected chi connectivity index (χ1v) is 11.9. The Balaban J connectivity index is 1.78. The summed E-state index contributed by atoms with van der Waals surface area (Å²) in [5, 5.41) is 13.8. The van der Waals surface area contributed by atoms with Crippen LogP contribution in [0.3, 0.4) is 0 Å². The maximum absolute atomic E-state index is 15.7. The number of amides is 1. The molecule has 36 heavy (non-hydrogen) atoms. The van der Waals surface area contributed by atoms with Gasteiger partial charge in [-0.1, -0.05) is 23.9 Å². The number of carbonyl (C=O) groups is 1. The SMILES string of the molecule is COc1nc(N2C[C@H]3SC(NC(=O)O)=NC[C@@H]3C2c2cccc(NC(C)C(F)F)c2F)nc(C)c1F. The number of nitrogens with one attached hydrogen (secondary N) is 2. The lowest BCUT2D eigenvalue weighted by Crippen LogP contribution is -2.35. The second kappa shape index (κ2) is 10.4. The first kappa shape index (κ1) is 25.8. The monoisotopic (exact) mass is 528 g/mol. The zero-order chi connectivity index (χ0) is 26.1. The van der Waals surface area contributed by atoms with Crippen LogP contribution in [0, 0.1) is 24.5 Å². The summed E-state index contributed by atoms with van der Waals surface area (Å²) in [6.07, 6.45) is -3.96. The van der Waals surface area contributed by atoms with E-state index in [2.05, 4.69) is 25.6 Å². The number of aryl methyl sites for hydroxylation is 1. The van der Waals surface area contributed by atoms with Crippen LogP contribution in [0.15, 0.2) is 23.2 Å². The average molecular weight is 529 g/mol. The predicted octanol–water partition coefficient (Wildman–Crippen LogP) is 4.05. The Morgan fingerprint density at radius 2 is 2.03 bits per heavy atom. The average Bonchev–Trinajstić information content (AvgIpc) is 3.20. The Morgan fingerprint density at radius 1 is 1.28 bits per heavy atom. The molecule has 1 fully saturated rings. The van der Waals surface area contributed by atoms with Crippen LogP contribution in [0.5, 0.6) is 5.88 Å². The molecule has 194 valence electrons. The number of nitrogens with zero attached hydrogens (tertiary/aromatic N) is 4. The van der Waals surface area contributed by atoms with Gasteiger partial charge in [0.15, 0.2) is 11.0 Å². The van der Waals surface area contributed by atoms with E-state index >= 15 is 4.39 Å². The molecule has 1 saturated heterocycles. The molecule has 0 radical (unpaired) electrons. The van der Waals surface area contributed by atoms with Crippen LogP contribution in [-0.4, -0.2) is 64.3 Å². The van der Waals surface area contributed by atoms with Gasteiger partial charge in [-0.3, -0.25) is 10.3 Å². The predicted molar refractivity (Wildman–Crippen MR) is 127 cm³/mol. The van der Waals surface area contributed by atoms with Gasteiger partial charge in [-0.05, 0) is 19.9 Å². The molecule has 1 aromatic carbocycles. The Labute approximate surface area is 208 Å². The zero-order valence-corrected chi connectivity index (χ0v) is 20.3. The molecule has 0 aliphatic carbocycles. The van der Waals surface area contributed by atoms with Gasteiger partial charge in [0.25, 0.3) is 12.3 Å². The Bertz CT molecular complexity index is 1190. The number of ether oxygens (including phenoxy) is 1. The van der Waals surface area contributed by atoms with E-state index in [-0.39, 0.29) is 58.2 Å². The van der Waals surface area contributed by atoms with Gasteiger partial charge in [0, 0.05) is 29.8 Å². The summed E-state index contributed by atoms with van der Waals surface area (Å²) in [5.41, 5.74) is 0.144. The number of thioether (sulfide) groups is 1. The summed E-state index contributed by atoms with van der Waals surface area (Å²) < 4.78 is 61.4. The van der Waals surface area contributed by atoms with Gasteiger partial charge < -0.3 is 20.1 Å². The minimum Gasteiger partial charge on any atom is -0.479 e. The first-order valence-electron chi connectivity index (χ1n) is 11.0. The van der Waals surface area contributed by atoms with Crippen LogP contribution >= 0.6 is 11.8 Å². The van der Waals surface area contributed by atoms with Gasteiger partial charge in [-0.25, -0.2) is 22.9 Å². The summed E-state index contributed by atoms with van der Waals surface area (Å²) in [6, 6.07) is 2.49. The molecule has 14 heteroatoms. The van der Waals surface area contributed by atoms with Crippen molar-refractivity contribution in [2.45, 2.75) is 37.6 Å². The molecule has 0 spiro atoms. The van der Waals surface area contributed by atoms with E-state index in [9.17, 15) is 18.0 Å². The molecule has 0 bridgehead atoms. The molecule has 0 saturated carbocycles. The fourth-order valence-electron chi connectivity index (χ4n) is 4.33. The molecule has 1 aromatic heterocycles. The highest BCUT2D eigenvalue weighted by Gasteiger charge is 2.47. The number of hydrogen-bond donors (Lipinski definition) is 3. The van der Waals surface area contributed by atoms with Crippen molar-refractivity contribution >= 4 is 34.7 Å². The third kappa shape index (κ3) is 4.99. The van der Waals surface area contributed by atoms with Crippen LogP contribution in [0.25, 0.3) is 0 Å². The molecule has 3 heterocycles. The van der Waals surface area contributed by atoms with Gasteiger partial charge >= 0.3 is 6.09 Å². The number of alkyl halides is 2. The zero-order valence-electron chi connectivity index (χ0n) is 19.5. The van der Waals surface area contributed by atoms with Crippen LogP contribution in [0.2, 0.25) is 0 Å². The number of rotatable bonds is 6. The van der Waals surface area contributed by atoms with Gasteiger partial charge in [0.2, 0.25) is 11.8 Å². The maximum Gasteiger partial charge on any atom is 0.410 e. The fraction of sp³-hybridized carbons (Fsp3) is 0.455. The van der Waals surface area contributed by atoms with Gasteiger partial charge in [0.1, 0.15) is 0 Å². The minimum absolute atomic E-state index is 0.0317. The topological polar surface area (TPSA) is 112 Å². The number of halogens is 4. The van der Waals surface area contributed by atoms with Crippen molar-refractivity contribution < 1.29 is 32.2 Å². The van der Waals surface area contributed by atoms with Crippen molar-refractivity contribution in [2.24, 2.45) is 10.9 Å². The van der Waals surface area contributed by atoms with Gasteiger partial charge in [0.05, 0.1) is 30.6 Å². The minimum atomic E-state index is -2.70. The molecule has 2 aliphatic heterocycles. The van der Waals surface area contributed by atoms with E-state index in [4.69, 9.17) is 9.84 Å². The van der Waals surface area contributed by atoms with E-state index in [0.717, 1.165) is 0 Å². The number of carboxylic acid groups (broad SMARTS) is 1. The van der Waals surface area contributed by atoms with E-state index in [1.807, 2.05) is 0 Å². The molecule has 4 rings (SSSR count). The third-order valence-electron chi connectivity index (χ3n) is 6.05. The highest BCUT2D eigenvalue weighted by molar-refractivity contribution is 8.14. The Hall–Kier alpha value is -3.29. The second-order valence-corrected chi connectivity index (χ2v) is 9.63. The quantitative estimate of drug-likeness (QED) is 0.482. The van der Waals surface area contributed by atoms with Crippen molar-refractivity contribution in [2.75, 3.05) is 30.4 Å². The normalized spacial score (nSPS) is 22.2. The standard InChI is InChI=1S/C22H24F4N6O3S/c1-9-15(23)19(35-3)30-20(29-9)32-8-14-12(7-27-21(36-14)31-22(33)34)17(32)11-5-4-6-13(16(11)24)28-10(2)18(25)26/h4-6,10,12,14,17-18,28H,7-8H2,1-3H3,(H,27,31)(H,33,34)/t10?,12-,14+,17?/m0/s1. The number of benzene rings is 1. The van der Waals surface area contributed by atoms with E-state index < -0.39 is 36.2 Å². The molecule has 1 amide bonds. The van der Waals surface area contributed by atoms with E-state index in [0.29, 0.717) is 0 Å². The number of amidine groups is 1.